The van der Waals surface area contributed by atoms with E-state index in [-0.39, 0.29) is 5.56 Å². The van der Waals surface area contributed by atoms with Gasteiger partial charge in [-0.1, -0.05) is 33.3 Å². The minimum absolute atomic E-state index is 0.0853. The molecule has 3 nitrogen and oxygen atoms in total. The van der Waals surface area contributed by atoms with Gasteiger partial charge in [-0.05, 0) is 18.4 Å². The van der Waals surface area contributed by atoms with E-state index in [0.29, 0.717) is 18.0 Å². The van der Waals surface area contributed by atoms with Crippen molar-refractivity contribution in [3.05, 3.63) is 33.7 Å². The molecular formula is C13H22N2O. The highest BCUT2D eigenvalue weighted by molar-refractivity contribution is 5.18. The summed E-state index contributed by atoms with van der Waals surface area (Å²) >= 11 is 0. The van der Waals surface area contributed by atoms with Gasteiger partial charge in [-0.25, -0.2) is 0 Å². The maximum Gasteiger partial charge on any atom is 0.255 e. The number of aromatic nitrogens is 1. The molecule has 2 N–H and O–H groups in total. The number of pyridine rings is 1. The molecule has 0 radical (unpaired) electrons. The summed E-state index contributed by atoms with van der Waals surface area (Å²) in [7, 11) is 0. The van der Waals surface area contributed by atoms with Crippen molar-refractivity contribution in [1.82, 2.24) is 4.57 Å². The zero-order valence-electron chi connectivity index (χ0n) is 10.5. The van der Waals surface area contributed by atoms with Crippen LogP contribution in [-0.2, 0) is 13.1 Å². The molecule has 3 heteroatoms. The molecule has 1 heterocycles. The predicted octanol–water partition coefficient (Wildman–Crippen LogP) is 2.23. The van der Waals surface area contributed by atoms with Crippen LogP contribution in [0.2, 0.25) is 0 Å². The molecule has 0 fully saturated rings. The van der Waals surface area contributed by atoms with Gasteiger partial charge < -0.3 is 10.3 Å². The second-order valence-electron chi connectivity index (χ2n) is 4.45. The molecule has 0 unspecified atom stereocenters. The molecule has 0 aliphatic rings. The average Bonchev–Trinajstić information content (AvgIpc) is 2.26. The first-order valence-corrected chi connectivity index (χ1v) is 6.04. The summed E-state index contributed by atoms with van der Waals surface area (Å²) in [6.45, 7) is 7.48. The third-order valence-corrected chi connectivity index (χ3v) is 2.83. The summed E-state index contributed by atoms with van der Waals surface area (Å²) in [5.41, 5.74) is 7.46. The molecular weight excluding hydrogens is 200 g/mol. The van der Waals surface area contributed by atoms with Crippen LogP contribution in [0.5, 0.6) is 0 Å². The van der Waals surface area contributed by atoms with Crippen LogP contribution in [0.1, 0.15) is 50.8 Å². The van der Waals surface area contributed by atoms with E-state index < -0.39 is 0 Å². The second kappa shape index (κ2) is 5.85. The molecule has 0 spiro atoms. The highest BCUT2D eigenvalue weighted by Crippen LogP contribution is 2.13. The molecule has 0 aromatic carbocycles. The summed E-state index contributed by atoms with van der Waals surface area (Å²) in [5, 5.41) is 0. The van der Waals surface area contributed by atoms with Gasteiger partial charge in [0.2, 0.25) is 0 Å². The fourth-order valence-electron chi connectivity index (χ4n) is 1.84. The third-order valence-electron chi connectivity index (χ3n) is 2.83. The van der Waals surface area contributed by atoms with Crippen molar-refractivity contribution in [3.63, 3.8) is 0 Å². The van der Waals surface area contributed by atoms with Crippen molar-refractivity contribution in [2.45, 2.75) is 52.6 Å². The number of hydrogen-bond acceptors (Lipinski definition) is 2. The number of nitrogens with zero attached hydrogens (tertiary/aromatic N) is 1. The molecule has 0 atom stereocenters. The lowest BCUT2D eigenvalue weighted by molar-refractivity contribution is 0.565. The van der Waals surface area contributed by atoms with Crippen LogP contribution in [0.15, 0.2) is 16.9 Å². The van der Waals surface area contributed by atoms with Crippen LogP contribution >= 0.6 is 0 Å². The molecule has 16 heavy (non-hydrogen) atoms. The maximum absolute atomic E-state index is 12.1. The monoisotopic (exact) mass is 222 g/mol. The Morgan fingerprint density at radius 2 is 2.06 bits per heavy atom. The van der Waals surface area contributed by atoms with Crippen LogP contribution in [0.25, 0.3) is 0 Å². The van der Waals surface area contributed by atoms with Gasteiger partial charge in [0.15, 0.2) is 0 Å². The van der Waals surface area contributed by atoms with Crippen LogP contribution < -0.4 is 11.3 Å². The second-order valence-corrected chi connectivity index (χ2v) is 4.45. The van der Waals surface area contributed by atoms with E-state index in [2.05, 4.69) is 20.8 Å². The SMILES string of the molecule is CCCCn1c(C(C)C)ccc(CN)c1=O. The van der Waals surface area contributed by atoms with Crippen molar-refractivity contribution in [1.29, 1.82) is 0 Å². The van der Waals surface area contributed by atoms with Gasteiger partial charge in [-0.2, -0.15) is 0 Å². The molecule has 1 rings (SSSR count). The van der Waals surface area contributed by atoms with E-state index in [1.54, 1.807) is 0 Å². The first-order valence-electron chi connectivity index (χ1n) is 6.04. The molecule has 0 saturated heterocycles. The fourth-order valence-corrected chi connectivity index (χ4v) is 1.84. The van der Waals surface area contributed by atoms with Crippen LogP contribution in [-0.4, -0.2) is 4.57 Å². The summed E-state index contributed by atoms with van der Waals surface area (Å²) in [4.78, 5) is 12.1. The molecule has 1 aromatic rings. The Morgan fingerprint density at radius 3 is 2.56 bits per heavy atom. The highest BCUT2D eigenvalue weighted by Gasteiger charge is 2.09. The number of nitrogens with two attached hydrogens (primary N) is 1. The number of unbranched alkanes of at least 4 members (excludes halogenated alkanes) is 1. The zero-order chi connectivity index (χ0) is 12.1. The summed E-state index contributed by atoms with van der Waals surface area (Å²) in [5.74, 6) is 0.372. The van der Waals surface area contributed by atoms with E-state index in [1.807, 2.05) is 16.7 Å². The molecule has 0 aliphatic carbocycles. The highest BCUT2D eigenvalue weighted by atomic mass is 16.1. The van der Waals surface area contributed by atoms with E-state index >= 15 is 0 Å². The van der Waals surface area contributed by atoms with Gasteiger partial charge in [0.05, 0.1) is 0 Å². The van der Waals surface area contributed by atoms with Gasteiger partial charge in [0.1, 0.15) is 0 Å². The van der Waals surface area contributed by atoms with Gasteiger partial charge in [0.25, 0.3) is 5.56 Å². The normalized spacial score (nSPS) is 11.1. The van der Waals surface area contributed by atoms with Gasteiger partial charge >= 0.3 is 0 Å². The Hall–Kier alpha value is -1.09. The van der Waals surface area contributed by atoms with Crippen LogP contribution in [0, 0.1) is 0 Å². The van der Waals surface area contributed by atoms with Crippen molar-refractivity contribution < 1.29 is 0 Å². The molecule has 90 valence electrons. The van der Waals surface area contributed by atoms with Crippen molar-refractivity contribution in [2.75, 3.05) is 0 Å². The first kappa shape index (κ1) is 13.0. The van der Waals surface area contributed by atoms with Gasteiger partial charge in [-0.3, -0.25) is 4.79 Å². The van der Waals surface area contributed by atoms with E-state index in [9.17, 15) is 4.79 Å². The van der Waals surface area contributed by atoms with E-state index in [1.165, 1.54) is 0 Å². The summed E-state index contributed by atoms with van der Waals surface area (Å²) in [6.07, 6.45) is 2.13. The lowest BCUT2D eigenvalue weighted by atomic mass is 10.1. The van der Waals surface area contributed by atoms with Crippen LogP contribution in [0.3, 0.4) is 0 Å². The first-order chi connectivity index (χ1) is 7.61. The Kier molecular flexibility index (Phi) is 4.74. The lowest BCUT2D eigenvalue weighted by Gasteiger charge is -2.16. The van der Waals surface area contributed by atoms with E-state index in [0.717, 1.165) is 25.1 Å². The minimum atomic E-state index is 0.0853. The maximum atomic E-state index is 12.1. The quantitative estimate of drug-likeness (QED) is 0.830. The average molecular weight is 222 g/mol. The molecule has 0 bridgehead atoms. The van der Waals surface area contributed by atoms with Crippen molar-refractivity contribution in [3.8, 4) is 0 Å². The Balaban J connectivity index is 3.20. The molecule has 1 aromatic heterocycles. The van der Waals surface area contributed by atoms with Gasteiger partial charge in [0, 0.05) is 24.3 Å². The largest absolute Gasteiger partial charge is 0.326 e. The Labute approximate surface area is 97.3 Å². The van der Waals surface area contributed by atoms with Crippen LogP contribution in [0.4, 0.5) is 0 Å². The molecule has 0 saturated carbocycles. The smallest absolute Gasteiger partial charge is 0.255 e. The summed E-state index contributed by atoms with van der Waals surface area (Å²) < 4.78 is 1.89. The standard InChI is InChI=1S/C13H22N2O/c1-4-5-8-15-12(10(2)3)7-6-11(9-14)13(15)16/h6-7,10H,4-5,8-9,14H2,1-3H3. The third kappa shape index (κ3) is 2.73. The number of rotatable bonds is 5. The predicted molar refractivity (Wildman–Crippen MR) is 67.6 cm³/mol. The topological polar surface area (TPSA) is 48.0 Å². The molecule has 0 amide bonds. The Bertz CT molecular complexity index is 393. The Morgan fingerprint density at radius 1 is 1.38 bits per heavy atom. The van der Waals surface area contributed by atoms with Crippen molar-refractivity contribution >= 4 is 0 Å². The summed E-state index contributed by atoms with van der Waals surface area (Å²) in [6, 6.07) is 3.89. The van der Waals surface area contributed by atoms with Gasteiger partial charge in [-0.15, -0.1) is 0 Å². The minimum Gasteiger partial charge on any atom is -0.326 e. The molecule has 0 aliphatic heterocycles. The van der Waals surface area contributed by atoms with Crippen molar-refractivity contribution in [2.24, 2.45) is 5.73 Å². The van der Waals surface area contributed by atoms with E-state index in [4.69, 9.17) is 5.73 Å². The fraction of sp³-hybridized carbons (Fsp3) is 0.615. The lowest BCUT2D eigenvalue weighted by Crippen LogP contribution is -2.28. The zero-order valence-corrected chi connectivity index (χ0v) is 10.5. The number of hydrogen-bond donors (Lipinski definition) is 1.